The Morgan fingerprint density at radius 2 is 1.81 bits per heavy atom. The molecule has 2 aliphatic rings. The smallest absolute Gasteiger partial charge is 0.225 e. The molecular formula is C28H30N6O2. The highest BCUT2D eigenvalue weighted by Crippen LogP contribution is 2.31. The van der Waals surface area contributed by atoms with E-state index in [9.17, 15) is 4.79 Å². The molecule has 0 radical (unpaired) electrons. The zero-order chi connectivity index (χ0) is 24.5. The first-order valence-corrected chi connectivity index (χ1v) is 12.6. The average Bonchev–Trinajstić information content (AvgIpc) is 3.68. The first kappa shape index (κ1) is 22.7. The second-order valence-electron chi connectivity index (χ2n) is 9.71. The highest BCUT2D eigenvalue weighted by Gasteiger charge is 2.34. The summed E-state index contributed by atoms with van der Waals surface area (Å²) in [6, 6.07) is 14.4. The van der Waals surface area contributed by atoms with E-state index >= 15 is 0 Å². The number of pyridine rings is 2. The summed E-state index contributed by atoms with van der Waals surface area (Å²) in [4.78, 5) is 33.8. The lowest BCUT2D eigenvalue weighted by molar-refractivity contribution is -0.134. The van der Waals surface area contributed by atoms with Crippen LogP contribution in [0, 0.1) is 5.92 Å². The molecule has 1 saturated heterocycles. The van der Waals surface area contributed by atoms with Crippen LogP contribution < -0.4 is 4.74 Å². The molecule has 1 aromatic carbocycles. The van der Waals surface area contributed by atoms with Gasteiger partial charge in [-0.15, -0.1) is 0 Å². The van der Waals surface area contributed by atoms with Crippen molar-refractivity contribution in [2.45, 2.75) is 25.8 Å². The van der Waals surface area contributed by atoms with Gasteiger partial charge in [0.15, 0.2) is 0 Å². The summed E-state index contributed by atoms with van der Waals surface area (Å²) < 4.78 is 5.26. The third kappa shape index (κ3) is 4.95. The van der Waals surface area contributed by atoms with E-state index in [4.69, 9.17) is 9.72 Å². The van der Waals surface area contributed by atoms with E-state index in [0.717, 1.165) is 79.2 Å². The predicted octanol–water partition coefficient (Wildman–Crippen LogP) is 3.67. The number of aromatic nitrogens is 4. The van der Waals surface area contributed by atoms with Gasteiger partial charge < -0.3 is 14.6 Å². The monoisotopic (exact) mass is 482 g/mol. The van der Waals surface area contributed by atoms with Gasteiger partial charge in [-0.05, 0) is 59.9 Å². The molecule has 0 spiro atoms. The number of aromatic amines is 1. The van der Waals surface area contributed by atoms with E-state index in [2.05, 4.69) is 44.1 Å². The quantitative estimate of drug-likeness (QED) is 0.433. The third-order valence-electron chi connectivity index (χ3n) is 7.05. The zero-order valence-corrected chi connectivity index (χ0v) is 20.5. The van der Waals surface area contributed by atoms with Gasteiger partial charge in [-0.25, -0.2) is 9.97 Å². The Kier molecular flexibility index (Phi) is 6.11. The summed E-state index contributed by atoms with van der Waals surface area (Å²) in [5.41, 5.74) is 6.29. The molecule has 1 saturated carbocycles. The Hall–Kier alpha value is -3.78. The van der Waals surface area contributed by atoms with Crippen molar-refractivity contribution in [2.75, 3.05) is 33.3 Å². The van der Waals surface area contributed by atoms with Crippen LogP contribution in [0.25, 0.3) is 22.2 Å². The molecule has 4 aromatic rings. The van der Waals surface area contributed by atoms with Gasteiger partial charge >= 0.3 is 0 Å². The van der Waals surface area contributed by atoms with Crippen LogP contribution in [0.15, 0.2) is 54.9 Å². The van der Waals surface area contributed by atoms with E-state index < -0.39 is 0 Å². The SMILES string of the molecule is COc1cc(-c2ccc3nc(Cc4cc(CN5CCN(C(=O)C6CC6)CC5)ccn4)[nH]c3c2)ccn1. The van der Waals surface area contributed by atoms with Crippen LogP contribution in [-0.4, -0.2) is 68.9 Å². The lowest BCUT2D eigenvalue weighted by atomic mass is 10.1. The number of fused-ring (bicyclic) bond motifs is 1. The standard InChI is InChI=1S/C28H30N6O2/c1-36-27-16-22(7-9-30-27)21-4-5-24-25(15-21)32-26(31-24)17-23-14-19(6-8-29-23)18-33-10-12-34(13-11-33)28(35)20-2-3-20/h4-9,14-16,20H,2-3,10-13,17-18H2,1H3,(H,31,32). The predicted molar refractivity (Wildman–Crippen MR) is 138 cm³/mol. The van der Waals surface area contributed by atoms with Crippen molar-refractivity contribution in [3.8, 4) is 17.0 Å². The van der Waals surface area contributed by atoms with Crippen LogP contribution >= 0.6 is 0 Å². The van der Waals surface area contributed by atoms with E-state index in [0.29, 0.717) is 24.1 Å². The number of hydrogen-bond donors (Lipinski definition) is 1. The van der Waals surface area contributed by atoms with E-state index in [1.54, 1.807) is 13.3 Å². The summed E-state index contributed by atoms with van der Waals surface area (Å²) in [5, 5.41) is 0. The molecule has 1 amide bonds. The molecule has 1 aliphatic carbocycles. The highest BCUT2D eigenvalue weighted by molar-refractivity contribution is 5.82. The molecule has 1 aliphatic heterocycles. The van der Waals surface area contributed by atoms with Crippen LogP contribution in [0.5, 0.6) is 5.88 Å². The number of H-pyrrole nitrogens is 1. The number of ether oxygens (including phenoxy) is 1. The summed E-state index contributed by atoms with van der Waals surface area (Å²) in [5.74, 6) is 2.16. The number of amides is 1. The van der Waals surface area contributed by atoms with Gasteiger partial charge in [-0.3, -0.25) is 14.7 Å². The van der Waals surface area contributed by atoms with Crippen LogP contribution in [0.1, 0.15) is 29.9 Å². The normalized spacial score (nSPS) is 16.4. The molecule has 2 fully saturated rings. The summed E-state index contributed by atoms with van der Waals surface area (Å²) in [7, 11) is 1.62. The second kappa shape index (κ2) is 9.70. The Labute approximate surface area is 210 Å². The fraction of sp³-hybridized carbons (Fsp3) is 0.357. The van der Waals surface area contributed by atoms with Gasteiger partial charge in [-0.2, -0.15) is 0 Å². The third-order valence-corrected chi connectivity index (χ3v) is 7.05. The molecule has 8 nitrogen and oxygen atoms in total. The fourth-order valence-electron chi connectivity index (χ4n) is 4.89. The Morgan fingerprint density at radius 1 is 1.00 bits per heavy atom. The number of nitrogens with zero attached hydrogens (tertiary/aromatic N) is 5. The number of carbonyl (C=O) groups is 1. The van der Waals surface area contributed by atoms with Gasteiger partial charge in [-0.1, -0.05) is 6.07 Å². The van der Waals surface area contributed by atoms with Gasteiger partial charge in [0, 0.05) is 69.2 Å². The minimum Gasteiger partial charge on any atom is -0.481 e. The first-order chi connectivity index (χ1) is 17.6. The molecule has 0 atom stereocenters. The maximum absolute atomic E-state index is 12.3. The Balaban J connectivity index is 1.11. The molecule has 6 rings (SSSR count). The van der Waals surface area contributed by atoms with Crippen molar-refractivity contribution in [2.24, 2.45) is 5.92 Å². The first-order valence-electron chi connectivity index (χ1n) is 12.6. The Morgan fingerprint density at radius 3 is 2.61 bits per heavy atom. The van der Waals surface area contributed by atoms with E-state index in [1.165, 1.54) is 5.56 Å². The lowest BCUT2D eigenvalue weighted by Gasteiger charge is -2.35. The van der Waals surface area contributed by atoms with E-state index in [1.807, 2.05) is 29.3 Å². The van der Waals surface area contributed by atoms with Crippen molar-refractivity contribution in [1.82, 2.24) is 29.7 Å². The maximum atomic E-state index is 12.3. The number of imidazole rings is 1. The highest BCUT2D eigenvalue weighted by atomic mass is 16.5. The van der Waals surface area contributed by atoms with Gasteiger partial charge in [0.2, 0.25) is 11.8 Å². The van der Waals surface area contributed by atoms with E-state index in [-0.39, 0.29) is 0 Å². The molecular weight excluding hydrogens is 452 g/mol. The van der Waals surface area contributed by atoms with Crippen LogP contribution in [-0.2, 0) is 17.8 Å². The summed E-state index contributed by atoms with van der Waals surface area (Å²) >= 11 is 0. The van der Waals surface area contributed by atoms with Gasteiger partial charge in [0.05, 0.1) is 18.1 Å². The summed E-state index contributed by atoms with van der Waals surface area (Å²) in [6.45, 7) is 4.39. The molecule has 1 N–H and O–H groups in total. The van der Waals surface area contributed by atoms with Crippen LogP contribution in [0.4, 0.5) is 0 Å². The van der Waals surface area contributed by atoms with Gasteiger partial charge in [0.25, 0.3) is 0 Å². The van der Waals surface area contributed by atoms with Gasteiger partial charge in [0.1, 0.15) is 5.82 Å². The molecule has 184 valence electrons. The molecule has 36 heavy (non-hydrogen) atoms. The topological polar surface area (TPSA) is 87.2 Å². The van der Waals surface area contributed by atoms with Crippen molar-refractivity contribution >= 4 is 16.9 Å². The number of hydrogen-bond acceptors (Lipinski definition) is 6. The van der Waals surface area contributed by atoms with Crippen LogP contribution in [0.3, 0.4) is 0 Å². The van der Waals surface area contributed by atoms with Crippen molar-refractivity contribution in [1.29, 1.82) is 0 Å². The van der Waals surface area contributed by atoms with Crippen molar-refractivity contribution < 1.29 is 9.53 Å². The second-order valence-corrected chi connectivity index (χ2v) is 9.71. The number of methoxy groups -OCH3 is 1. The molecule has 0 bridgehead atoms. The van der Waals surface area contributed by atoms with Crippen LogP contribution in [0.2, 0.25) is 0 Å². The maximum Gasteiger partial charge on any atom is 0.225 e. The molecule has 4 heterocycles. The van der Waals surface area contributed by atoms with Crippen molar-refractivity contribution in [3.63, 3.8) is 0 Å². The summed E-state index contributed by atoms with van der Waals surface area (Å²) in [6.07, 6.45) is 6.43. The Bertz CT molecular complexity index is 1390. The number of benzene rings is 1. The zero-order valence-electron chi connectivity index (χ0n) is 20.5. The average molecular weight is 483 g/mol. The minimum atomic E-state index is 0.309. The fourth-order valence-corrected chi connectivity index (χ4v) is 4.89. The van der Waals surface area contributed by atoms with Crippen molar-refractivity contribution in [3.05, 3.63) is 71.9 Å². The minimum absolute atomic E-state index is 0.309. The molecule has 0 unspecified atom stereocenters. The molecule has 3 aromatic heterocycles. The number of rotatable bonds is 7. The molecule has 8 heteroatoms. The largest absolute Gasteiger partial charge is 0.481 e. The number of carbonyl (C=O) groups excluding carboxylic acids is 1. The number of nitrogens with one attached hydrogen (secondary N) is 1. The number of piperazine rings is 1. The lowest BCUT2D eigenvalue weighted by Crippen LogP contribution is -2.48.